The molecule has 26 heavy (non-hydrogen) atoms. The molecule has 0 saturated carbocycles. The number of imide groups is 1. The summed E-state index contributed by atoms with van der Waals surface area (Å²) in [7, 11) is 1.58. The molecular formula is C19H18N2O5. The van der Waals surface area contributed by atoms with Gasteiger partial charge in [0.05, 0.1) is 37.2 Å². The van der Waals surface area contributed by atoms with Crippen LogP contribution in [0.2, 0.25) is 0 Å². The van der Waals surface area contributed by atoms with Crippen LogP contribution in [0.25, 0.3) is 0 Å². The monoisotopic (exact) mass is 354 g/mol. The zero-order valence-corrected chi connectivity index (χ0v) is 14.4. The Bertz CT molecular complexity index is 818. The molecule has 1 aromatic carbocycles. The molecule has 1 aromatic rings. The van der Waals surface area contributed by atoms with Crippen molar-refractivity contribution in [3.63, 3.8) is 0 Å². The highest BCUT2D eigenvalue weighted by atomic mass is 16.5. The average molecular weight is 354 g/mol. The maximum absolute atomic E-state index is 12.9. The number of ketones is 1. The molecule has 4 aliphatic heterocycles. The van der Waals surface area contributed by atoms with Crippen molar-refractivity contribution in [1.82, 2.24) is 10.0 Å². The van der Waals surface area contributed by atoms with E-state index in [1.54, 1.807) is 12.1 Å². The zero-order valence-electron chi connectivity index (χ0n) is 14.4. The highest BCUT2D eigenvalue weighted by Gasteiger charge is 2.67. The number of carbonyl (C=O) groups excluding carboxylic acids is 3. The molecule has 3 saturated heterocycles. The molecule has 3 fully saturated rings. The van der Waals surface area contributed by atoms with Gasteiger partial charge in [-0.2, -0.15) is 5.01 Å². The van der Waals surface area contributed by atoms with Crippen LogP contribution in [0.4, 0.5) is 0 Å². The molecule has 2 amide bonds. The van der Waals surface area contributed by atoms with Crippen LogP contribution in [-0.2, 0) is 19.1 Å². The van der Waals surface area contributed by atoms with Gasteiger partial charge in [0.25, 0.3) is 11.8 Å². The number of carbonyl (C=O) groups is 3. The van der Waals surface area contributed by atoms with Crippen molar-refractivity contribution in [3.05, 3.63) is 42.0 Å². The van der Waals surface area contributed by atoms with Gasteiger partial charge in [-0.3, -0.25) is 14.4 Å². The van der Waals surface area contributed by atoms with Gasteiger partial charge in [0, 0.05) is 0 Å². The number of hydrogen-bond acceptors (Lipinski definition) is 6. The topological polar surface area (TPSA) is 75.9 Å². The number of hydrazine groups is 1. The van der Waals surface area contributed by atoms with Gasteiger partial charge < -0.3 is 9.47 Å². The summed E-state index contributed by atoms with van der Waals surface area (Å²) in [5.74, 6) is -0.827. The minimum atomic E-state index is -0.498. The van der Waals surface area contributed by atoms with E-state index >= 15 is 0 Å². The molecule has 1 unspecified atom stereocenters. The lowest BCUT2D eigenvalue weighted by molar-refractivity contribution is -0.154. The number of methoxy groups -OCH3 is 1. The molecule has 4 aliphatic rings. The summed E-state index contributed by atoms with van der Waals surface area (Å²) in [6.07, 6.45) is 3.04. The SMILES string of the molecule is COc1ccc([C@@H]2[C@@H](C(C)=O)N2N2C(=O)[C@@H]3[C@H](C2=O)[C@H]2C=C[C@@H]3O2)cc1. The summed E-state index contributed by atoms with van der Waals surface area (Å²) in [5.41, 5.74) is 0.876. The summed E-state index contributed by atoms with van der Waals surface area (Å²) < 4.78 is 10.8. The Morgan fingerprint density at radius 3 is 2.12 bits per heavy atom. The highest BCUT2D eigenvalue weighted by molar-refractivity contribution is 6.07. The first kappa shape index (κ1) is 15.7. The van der Waals surface area contributed by atoms with E-state index in [9.17, 15) is 14.4 Å². The fourth-order valence-corrected chi connectivity index (χ4v) is 4.53. The van der Waals surface area contributed by atoms with E-state index in [0.29, 0.717) is 5.75 Å². The van der Waals surface area contributed by atoms with E-state index in [4.69, 9.17) is 9.47 Å². The Labute approximate surface area is 150 Å². The Hall–Kier alpha value is -2.51. The molecule has 7 atom stereocenters. The Morgan fingerprint density at radius 2 is 1.62 bits per heavy atom. The molecule has 7 nitrogen and oxygen atoms in total. The summed E-state index contributed by atoms with van der Waals surface area (Å²) >= 11 is 0. The lowest BCUT2D eigenvalue weighted by atomic mass is 9.85. The lowest BCUT2D eigenvalue weighted by Crippen LogP contribution is -2.40. The number of Topliss-reactive ketones (excluding diaryl/α,β-unsaturated/α-hetero) is 1. The van der Waals surface area contributed by atoms with Crippen LogP contribution in [0.3, 0.4) is 0 Å². The smallest absolute Gasteiger partial charge is 0.251 e. The molecule has 134 valence electrons. The third-order valence-electron chi connectivity index (χ3n) is 5.77. The fourth-order valence-electron chi connectivity index (χ4n) is 4.53. The van der Waals surface area contributed by atoms with Crippen molar-refractivity contribution in [2.45, 2.75) is 31.2 Å². The summed E-state index contributed by atoms with van der Waals surface area (Å²) in [6.45, 7) is 1.49. The van der Waals surface area contributed by atoms with Gasteiger partial charge in [0.2, 0.25) is 0 Å². The Morgan fingerprint density at radius 1 is 1.04 bits per heavy atom. The van der Waals surface area contributed by atoms with Crippen LogP contribution in [0.1, 0.15) is 18.5 Å². The number of hydrogen-bond donors (Lipinski definition) is 0. The molecule has 4 heterocycles. The molecule has 5 rings (SSSR count). The van der Waals surface area contributed by atoms with Gasteiger partial charge >= 0.3 is 0 Å². The molecule has 7 heteroatoms. The van der Waals surface area contributed by atoms with Gasteiger partial charge in [0.1, 0.15) is 11.8 Å². The molecule has 2 bridgehead atoms. The highest BCUT2D eigenvalue weighted by Crippen LogP contribution is 2.52. The van der Waals surface area contributed by atoms with Crippen LogP contribution in [0.5, 0.6) is 5.75 Å². The summed E-state index contributed by atoms with van der Waals surface area (Å²) in [6, 6.07) is 6.53. The predicted octanol–water partition coefficient (Wildman–Crippen LogP) is 0.863. The van der Waals surface area contributed by atoms with Crippen molar-refractivity contribution >= 4 is 17.6 Å². The Kier molecular flexibility index (Phi) is 3.17. The van der Waals surface area contributed by atoms with Crippen molar-refractivity contribution in [2.75, 3.05) is 7.11 Å². The second kappa shape index (κ2) is 5.25. The van der Waals surface area contributed by atoms with E-state index in [0.717, 1.165) is 5.56 Å². The third-order valence-corrected chi connectivity index (χ3v) is 5.77. The van der Waals surface area contributed by atoms with Gasteiger partial charge in [-0.25, -0.2) is 5.01 Å². The molecular weight excluding hydrogens is 336 g/mol. The van der Waals surface area contributed by atoms with E-state index in [1.807, 2.05) is 36.4 Å². The number of rotatable bonds is 4. The minimum absolute atomic E-state index is 0.0687. The van der Waals surface area contributed by atoms with Gasteiger partial charge in [-0.05, 0) is 24.6 Å². The average Bonchev–Trinajstić information content (AvgIpc) is 2.92. The van der Waals surface area contributed by atoms with Gasteiger partial charge in [-0.1, -0.05) is 24.3 Å². The summed E-state index contributed by atoms with van der Waals surface area (Å²) in [4.78, 5) is 38.0. The standard InChI is InChI=1S/C19H18N2O5/c1-9(22)16-17(10-3-5-11(25-2)6-4-10)20(16)21-18(23)14-12-7-8-13(26-12)15(14)19(21)24/h3-8,12-17H,1-2H3/t12-,13+,14-,15+,16-,17-,20?/m1/s1. The number of amides is 2. The van der Waals surface area contributed by atoms with E-state index in [2.05, 4.69) is 0 Å². The Balaban J connectivity index is 1.46. The molecule has 0 radical (unpaired) electrons. The number of benzene rings is 1. The fraction of sp³-hybridized carbons (Fsp3) is 0.421. The van der Waals surface area contributed by atoms with Gasteiger partial charge in [-0.15, -0.1) is 0 Å². The quantitative estimate of drug-likeness (QED) is 0.454. The summed E-state index contributed by atoms with van der Waals surface area (Å²) in [5, 5.41) is 2.82. The van der Waals surface area contributed by atoms with Crippen molar-refractivity contribution < 1.29 is 23.9 Å². The second-order valence-electron chi connectivity index (χ2n) is 7.14. The first-order valence-electron chi connectivity index (χ1n) is 8.67. The largest absolute Gasteiger partial charge is 0.497 e. The van der Waals surface area contributed by atoms with E-state index in [1.165, 1.54) is 11.9 Å². The number of fused-ring (bicyclic) bond motifs is 5. The predicted molar refractivity (Wildman–Crippen MR) is 88.7 cm³/mol. The van der Waals surface area contributed by atoms with E-state index in [-0.39, 0.29) is 35.8 Å². The maximum Gasteiger partial charge on any atom is 0.251 e. The van der Waals surface area contributed by atoms with Crippen molar-refractivity contribution in [2.24, 2.45) is 11.8 Å². The van der Waals surface area contributed by atoms with Crippen LogP contribution in [0, 0.1) is 11.8 Å². The normalized spacial score (nSPS) is 39.5. The molecule has 0 spiro atoms. The first-order valence-corrected chi connectivity index (χ1v) is 8.67. The molecule has 0 aromatic heterocycles. The zero-order chi connectivity index (χ0) is 18.2. The first-order chi connectivity index (χ1) is 12.5. The van der Waals surface area contributed by atoms with Crippen molar-refractivity contribution in [1.29, 1.82) is 0 Å². The maximum atomic E-state index is 12.9. The number of ether oxygens (including phenoxy) is 2. The van der Waals surface area contributed by atoms with Crippen LogP contribution >= 0.6 is 0 Å². The van der Waals surface area contributed by atoms with E-state index < -0.39 is 17.9 Å². The third kappa shape index (κ3) is 1.92. The van der Waals surface area contributed by atoms with Crippen molar-refractivity contribution in [3.8, 4) is 5.75 Å². The van der Waals surface area contributed by atoms with Gasteiger partial charge in [0.15, 0.2) is 5.78 Å². The minimum Gasteiger partial charge on any atom is -0.497 e. The lowest BCUT2D eigenvalue weighted by Gasteiger charge is -2.19. The number of nitrogens with zero attached hydrogens (tertiary/aromatic N) is 2. The molecule has 0 aliphatic carbocycles. The molecule has 0 N–H and O–H groups in total. The van der Waals surface area contributed by atoms with Crippen LogP contribution < -0.4 is 4.74 Å². The van der Waals surface area contributed by atoms with Crippen LogP contribution in [-0.4, -0.2) is 53.0 Å². The second-order valence-corrected chi connectivity index (χ2v) is 7.14. The van der Waals surface area contributed by atoms with Crippen LogP contribution in [0.15, 0.2) is 36.4 Å².